The summed E-state index contributed by atoms with van der Waals surface area (Å²) in [6, 6.07) is 18.6. The molecule has 0 aliphatic carbocycles. The molecule has 0 spiro atoms. The van der Waals surface area contributed by atoms with E-state index in [-0.39, 0.29) is 29.9 Å². The molecule has 3 saturated heterocycles. The number of hydrogen-bond donors (Lipinski definition) is 2. The lowest BCUT2D eigenvalue weighted by molar-refractivity contribution is -0.132. The third-order valence-electron chi connectivity index (χ3n) is 7.55. The number of rotatable bonds is 7. The van der Waals surface area contributed by atoms with Crippen LogP contribution in [0.4, 0.5) is 5.69 Å². The molecular formula is C27H34ClN5O2. The topological polar surface area (TPSA) is 67.9 Å². The van der Waals surface area contributed by atoms with Gasteiger partial charge in [-0.2, -0.15) is 0 Å². The van der Waals surface area contributed by atoms with Gasteiger partial charge in [-0.3, -0.25) is 14.5 Å². The molecule has 0 bridgehead atoms. The van der Waals surface area contributed by atoms with Crippen molar-refractivity contribution in [3.05, 3.63) is 65.2 Å². The minimum Gasteiger partial charge on any atom is -0.368 e. The van der Waals surface area contributed by atoms with Gasteiger partial charge in [0.05, 0.1) is 6.04 Å². The van der Waals surface area contributed by atoms with Gasteiger partial charge < -0.3 is 20.4 Å². The Kier molecular flexibility index (Phi) is 7.56. The number of nitrogens with zero attached hydrogens (tertiary/aromatic N) is 3. The van der Waals surface area contributed by atoms with Crippen LogP contribution in [0.25, 0.3) is 0 Å². The van der Waals surface area contributed by atoms with Crippen molar-refractivity contribution >= 4 is 29.1 Å². The van der Waals surface area contributed by atoms with Crippen molar-refractivity contribution < 1.29 is 9.59 Å². The summed E-state index contributed by atoms with van der Waals surface area (Å²) in [5.41, 5.74) is 2.36. The van der Waals surface area contributed by atoms with Crippen molar-refractivity contribution in [3.63, 3.8) is 0 Å². The van der Waals surface area contributed by atoms with E-state index in [9.17, 15) is 9.59 Å². The predicted molar refractivity (Wildman–Crippen MR) is 138 cm³/mol. The third-order valence-corrected chi connectivity index (χ3v) is 7.79. The molecule has 2 aromatic carbocycles. The van der Waals surface area contributed by atoms with Crippen LogP contribution >= 0.6 is 11.6 Å². The summed E-state index contributed by atoms with van der Waals surface area (Å²) in [5, 5.41) is 7.41. The summed E-state index contributed by atoms with van der Waals surface area (Å²) >= 11 is 6.11. The maximum absolute atomic E-state index is 13.0. The maximum atomic E-state index is 13.0. The first kappa shape index (κ1) is 24.1. The van der Waals surface area contributed by atoms with Gasteiger partial charge in [0.25, 0.3) is 0 Å². The Morgan fingerprint density at radius 1 is 1.06 bits per heavy atom. The molecule has 2 N–H and O–H groups in total. The fourth-order valence-corrected chi connectivity index (χ4v) is 5.81. The van der Waals surface area contributed by atoms with Crippen LogP contribution < -0.4 is 15.5 Å². The second-order valence-corrected chi connectivity index (χ2v) is 10.2. The summed E-state index contributed by atoms with van der Waals surface area (Å²) < 4.78 is 0. The van der Waals surface area contributed by atoms with Crippen LogP contribution in [0, 0.1) is 0 Å². The number of anilines is 1. The number of carbonyl (C=O) groups excluding carboxylic acids is 2. The summed E-state index contributed by atoms with van der Waals surface area (Å²) in [5.74, 6) is 0.331. The van der Waals surface area contributed by atoms with Crippen molar-refractivity contribution in [1.29, 1.82) is 0 Å². The quantitative estimate of drug-likeness (QED) is 0.617. The average molecular weight is 496 g/mol. The van der Waals surface area contributed by atoms with E-state index >= 15 is 0 Å². The van der Waals surface area contributed by atoms with E-state index in [4.69, 9.17) is 11.6 Å². The molecule has 186 valence electrons. The van der Waals surface area contributed by atoms with Crippen LogP contribution in [0.3, 0.4) is 0 Å². The molecule has 0 aromatic heterocycles. The molecule has 3 atom stereocenters. The molecule has 3 heterocycles. The fourth-order valence-electron chi connectivity index (χ4n) is 5.60. The van der Waals surface area contributed by atoms with E-state index in [1.807, 2.05) is 29.2 Å². The Bertz CT molecular complexity index is 1030. The molecule has 8 heteroatoms. The van der Waals surface area contributed by atoms with Crippen LogP contribution in [0.15, 0.2) is 54.6 Å². The lowest BCUT2D eigenvalue weighted by atomic mass is 10.0. The van der Waals surface area contributed by atoms with E-state index in [1.54, 1.807) is 0 Å². The zero-order chi connectivity index (χ0) is 24.2. The SMILES string of the molecule is O=C1NC[C@H](CCC(=O)N2CCN(c3ccccc3)CC2)N2C[C@@H](NCc3cccc(Cl)c3)C[C@H]12. The van der Waals surface area contributed by atoms with Crippen LogP contribution in [0.2, 0.25) is 5.02 Å². The van der Waals surface area contributed by atoms with Crippen LogP contribution in [-0.4, -0.2) is 79.0 Å². The molecule has 3 fully saturated rings. The lowest BCUT2D eigenvalue weighted by Crippen LogP contribution is -2.58. The zero-order valence-corrected chi connectivity index (χ0v) is 20.8. The van der Waals surface area contributed by atoms with Crippen LogP contribution in [0.1, 0.15) is 24.8 Å². The van der Waals surface area contributed by atoms with E-state index < -0.39 is 0 Å². The largest absolute Gasteiger partial charge is 0.368 e. The van der Waals surface area contributed by atoms with Gasteiger partial charge in [0, 0.05) is 75.0 Å². The van der Waals surface area contributed by atoms with Gasteiger partial charge in [0.2, 0.25) is 11.8 Å². The van der Waals surface area contributed by atoms with Crippen molar-refractivity contribution in [1.82, 2.24) is 20.4 Å². The normalized spacial score (nSPS) is 24.8. The first-order valence-corrected chi connectivity index (χ1v) is 13.0. The van der Waals surface area contributed by atoms with Crippen molar-refractivity contribution in [2.45, 2.75) is 43.9 Å². The minimum atomic E-state index is -0.116. The van der Waals surface area contributed by atoms with Crippen molar-refractivity contribution in [2.75, 3.05) is 44.2 Å². The molecule has 5 rings (SSSR count). The molecule has 0 unspecified atom stereocenters. The van der Waals surface area contributed by atoms with E-state index in [1.165, 1.54) is 5.69 Å². The number of amides is 2. The summed E-state index contributed by atoms with van der Waals surface area (Å²) in [4.78, 5) is 32.2. The molecule has 0 saturated carbocycles. The van der Waals surface area contributed by atoms with Gasteiger partial charge in [-0.05, 0) is 42.7 Å². The number of benzene rings is 2. The van der Waals surface area contributed by atoms with Crippen LogP contribution in [0.5, 0.6) is 0 Å². The number of hydrogen-bond acceptors (Lipinski definition) is 5. The Morgan fingerprint density at radius 3 is 2.63 bits per heavy atom. The Labute approximate surface area is 212 Å². The fraction of sp³-hybridized carbons (Fsp3) is 0.481. The molecule has 2 amide bonds. The van der Waals surface area contributed by atoms with Crippen LogP contribution in [-0.2, 0) is 16.1 Å². The molecule has 2 aromatic rings. The number of piperazine rings is 2. The monoisotopic (exact) mass is 495 g/mol. The first-order valence-electron chi connectivity index (χ1n) is 12.7. The highest BCUT2D eigenvalue weighted by Crippen LogP contribution is 2.26. The number of halogens is 1. The molecule has 0 radical (unpaired) electrons. The third kappa shape index (κ3) is 5.80. The average Bonchev–Trinajstić information content (AvgIpc) is 3.33. The van der Waals surface area contributed by atoms with Gasteiger partial charge in [-0.1, -0.05) is 41.9 Å². The molecule has 3 aliphatic heterocycles. The smallest absolute Gasteiger partial charge is 0.237 e. The first-order chi connectivity index (χ1) is 17.1. The number of para-hydroxylation sites is 1. The zero-order valence-electron chi connectivity index (χ0n) is 20.0. The minimum absolute atomic E-state index is 0.108. The number of fused-ring (bicyclic) bond motifs is 1. The summed E-state index contributed by atoms with van der Waals surface area (Å²) in [6.45, 7) is 5.42. The maximum Gasteiger partial charge on any atom is 0.237 e. The second-order valence-electron chi connectivity index (χ2n) is 9.80. The Hall–Kier alpha value is -2.61. The van der Waals surface area contributed by atoms with E-state index in [2.05, 4.69) is 50.8 Å². The van der Waals surface area contributed by atoms with Gasteiger partial charge in [-0.15, -0.1) is 0 Å². The van der Waals surface area contributed by atoms with Gasteiger partial charge in [-0.25, -0.2) is 0 Å². The molecular weight excluding hydrogens is 462 g/mol. The number of carbonyl (C=O) groups is 2. The number of nitrogens with one attached hydrogen (secondary N) is 2. The standard InChI is InChI=1S/C27H34ClN5O2/c28-21-6-4-5-20(15-21)17-29-22-16-25-27(35)30-18-24(33(25)19-22)9-10-26(34)32-13-11-31(12-14-32)23-7-2-1-3-8-23/h1-8,15,22,24-25,29H,9-14,16-19H2,(H,30,35)/t22-,24-,25+/m0/s1. The van der Waals surface area contributed by atoms with Crippen molar-refractivity contribution in [3.8, 4) is 0 Å². The Balaban J connectivity index is 1.10. The van der Waals surface area contributed by atoms with E-state index in [0.29, 0.717) is 13.0 Å². The highest BCUT2D eigenvalue weighted by atomic mass is 35.5. The van der Waals surface area contributed by atoms with Gasteiger partial charge in [0.15, 0.2) is 0 Å². The molecule has 3 aliphatic rings. The molecule has 35 heavy (non-hydrogen) atoms. The summed E-state index contributed by atoms with van der Waals surface area (Å²) in [7, 11) is 0. The lowest BCUT2D eigenvalue weighted by Gasteiger charge is -2.38. The second kappa shape index (κ2) is 11.0. The highest BCUT2D eigenvalue weighted by molar-refractivity contribution is 6.30. The highest BCUT2D eigenvalue weighted by Gasteiger charge is 2.43. The molecule has 7 nitrogen and oxygen atoms in total. The van der Waals surface area contributed by atoms with E-state index in [0.717, 1.165) is 62.7 Å². The van der Waals surface area contributed by atoms with Gasteiger partial charge >= 0.3 is 0 Å². The van der Waals surface area contributed by atoms with Crippen molar-refractivity contribution in [2.24, 2.45) is 0 Å². The van der Waals surface area contributed by atoms with Gasteiger partial charge in [0.1, 0.15) is 0 Å². The summed E-state index contributed by atoms with van der Waals surface area (Å²) in [6.07, 6.45) is 2.09. The predicted octanol–water partition coefficient (Wildman–Crippen LogP) is 2.50. The Morgan fingerprint density at radius 2 is 1.86 bits per heavy atom.